The fraction of sp³-hybridized carbons (Fsp3) is 0.238. The molecule has 0 spiro atoms. The summed E-state index contributed by atoms with van der Waals surface area (Å²) in [7, 11) is 0. The van der Waals surface area contributed by atoms with Crippen LogP contribution < -0.4 is 16.2 Å². The second-order valence-electron chi connectivity index (χ2n) is 6.62. The highest BCUT2D eigenvalue weighted by Crippen LogP contribution is 2.30. The van der Waals surface area contributed by atoms with Gasteiger partial charge in [0, 0.05) is 18.5 Å². The number of hydrogen-bond acceptors (Lipinski definition) is 5. The van der Waals surface area contributed by atoms with Gasteiger partial charge in [0.25, 0.3) is 11.8 Å². The first kappa shape index (κ1) is 25.7. The molecule has 0 bridgehead atoms. The fourth-order valence-electron chi connectivity index (χ4n) is 2.48. The smallest absolute Gasteiger partial charge is 0.416 e. The Balaban J connectivity index is 1.65. The second kappa shape index (κ2) is 11.9. The van der Waals surface area contributed by atoms with Gasteiger partial charge in [-0.3, -0.25) is 30.0 Å². The van der Waals surface area contributed by atoms with E-state index < -0.39 is 42.0 Å². The minimum atomic E-state index is -4.56. The zero-order valence-corrected chi connectivity index (χ0v) is 17.8. The molecule has 0 unspecified atom stereocenters. The van der Waals surface area contributed by atoms with Gasteiger partial charge in [0.2, 0.25) is 5.91 Å². The first-order valence-electron chi connectivity index (χ1n) is 9.52. The number of esters is 1. The Hall–Kier alpha value is -3.60. The third-order valence-corrected chi connectivity index (χ3v) is 4.39. The number of hydrazine groups is 1. The van der Waals surface area contributed by atoms with Gasteiger partial charge in [0.1, 0.15) is 0 Å². The van der Waals surface area contributed by atoms with E-state index >= 15 is 0 Å². The number of ether oxygens (including phenoxy) is 1. The Kier molecular flexibility index (Phi) is 9.22. The van der Waals surface area contributed by atoms with E-state index in [1.807, 2.05) is 0 Å². The van der Waals surface area contributed by atoms with E-state index in [9.17, 15) is 32.3 Å². The number of benzene rings is 2. The van der Waals surface area contributed by atoms with Crippen molar-refractivity contribution in [3.63, 3.8) is 0 Å². The lowest BCUT2D eigenvalue weighted by Crippen LogP contribution is -2.41. The van der Waals surface area contributed by atoms with Gasteiger partial charge in [-0.1, -0.05) is 29.8 Å². The number of nitrogens with one attached hydrogen (secondary N) is 3. The summed E-state index contributed by atoms with van der Waals surface area (Å²) >= 11 is 5.88. The van der Waals surface area contributed by atoms with Crippen LogP contribution in [-0.2, 0) is 25.3 Å². The molecule has 0 aliphatic rings. The molecular formula is C21H19ClF3N3O5. The lowest BCUT2D eigenvalue weighted by atomic mass is 10.2. The standard InChI is InChI=1S/C21H19ClF3N3O5/c22-16-8-2-1-7-15(16)20(32)28-27-17(29)9-4-10-19(31)33-12-18(30)26-14-6-3-5-13(11-14)21(23,24)25/h1-3,5-8,11H,4,9-10,12H2,(H,26,30)(H,27,29)(H,28,32). The number of amides is 3. The molecule has 176 valence electrons. The van der Waals surface area contributed by atoms with Crippen LogP contribution in [0.15, 0.2) is 48.5 Å². The van der Waals surface area contributed by atoms with Crippen molar-refractivity contribution in [2.75, 3.05) is 11.9 Å². The van der Waals surface area contributed by atoms with Crippen LogP contribution in [0, 0.1) is 0 Å². The number of halogens is 4. The van der Waals surface area contributed by atoms with Crippen molar-refractivity contribution in [2.45, 2.75) is 25.4 Å². The minimum absolute atomic E-state index is 0.0713. The summed E-state index contributed by atoms with van der Waals surface area (Å²) in [4.78, 5) is 47.1. The van der Waals surface area contributed by atoms with E-state index in [0.29, 0.717) is 0 Å². The predicted molar refractivity (Wildman–Crippen MR) is 112 cm³/mol. The van der Waals surface area contributed by atoms with Crippen LogP contribution in [0.2, 0.25) is 5.02 Å². The molecule has 2 aromatic carbocycles. The Morgan fingerprint density at radius 3 is 2.33 bits per heavy atom. The molecule has 0 saturated carbocycles. The Morgan fingerprint density at radius 1 is 0.909 bits per heavy atom. The van der Waals surface area contributed by atoms with Crippen LogP contribution in [0.3, 0.4) is 0 Å². The van der Waals surface area contributed by atoms with Crippen LogP contribution >= 0.6 is 11.6 Å². The zero-order chi connectivity index (χ0) is 24.4. The highest BCUT2D eigenvalue weighted by Gasteiger charge is 2.30. The summed E-state index contributed by atoms with van der Waals surface area (Å²) in [6.07, 6.45) is -4.80. The van der Waals surface area contributed by atoms with Crippen molar-refractivity contribution in [1.82, 2.24) is 10.9 Å². The average molecular weight is 486 g/mol. The van der Waals surface area contributed by atoms with Crippen LogP contribution in [-0.4, -0.2) is 30.3 Å². The Bertz CT molecular complexity index is 1030. The zero-order valence-electron chi connectivity index (χ0n) is 17.0. The average Bonchev–Trinajstić information content (AvgIpc) is 2.76. The van der Waals surface area contributed by atoms with E-state index in [1.165, 1.54) is 18.2 Å². The first-order chi connectivity index (χ1) is 15.6. The molecule has 0 radical (unpaired) electrons. The largest absolute Gasteiger partial charge is 0.456 e. The van der Waals surface area contributed by atoms with Gasteiger partial charge < -0.3 is 10.1 Å². The lowest BCUT2D eigenvalue weighted by molar-refractivity contribution is -0.147. The van der Waals surface area contributed by atoms with Crippen molar-refractivity contribution in [3.8, 4) is 0 Å². The highest BCUT2D eigenvalue weighted by atomic mass is 35.5. The molecular weight excluding hydrogens is 467 g/mol. The molecule has 8 nitrogen and oxygen atoms in total. The number of carbonyl (C=O) groups is 4. The van der Waals surface area contributed by atoms with Crippen LogP contribution in [0.4, 0.5) is 18.9 Å². The van der Waals surface area contributed by atoms with Crippen LogP contribution in [0.25, 0.3) is 0 Å². The summed E-state index contributed by atoms with van der Waals surface area (Å²) in [6.45, 7) is -0.699. The molecule has 3 amide bonds. The summed E-state index contributed by atoms with van der Waals surface area (Å²) in [5.41, 5.74) is 3.52. The summed E-state index contributed by atoms with van der Waals surface area (Å²) < 4.78 is 42.8. The molecule has 33 heavy (non-hydrogen) atoms. The summed E-state index contributed by atoms with van der Waals surface area (Å²) in [6, 6.07) is 10.2. The molecule has 0 saturated heterocycles. The number of anilines is 1. The van der Waals surface area contributed by atoms with Crippen molar-refractivity contribution in [3.05, 3.63) is 64.7 Å². The fourth-order valence-corrected chi connectivity index (χ4v) is 2.71. The maximum Gasteiger partial charge on any atom is 0.416 e. The Labute approximate surface area is 191 Å². The van der Waals surface area contributed by atoms with Gasteiger partial charge >= 0.3 is 12.1 Å². The van der Waals surface area contributed by atoms with Crippen LogP contribution in [0.1, 0.15) is 35.2 Å². The van der Waals surface area contributed by atoms with Gasteiger partial charge in [0.05, 0.1) is 16.1 Å². The van der Waals surface area contributed by atoms with E-state index in [2.05, 4.69) is 16.2 Å². The number of rotatable bonds is 8. The third-order valence-electron chi connectivity index (χ3n) is 4.06. The van der Waals surface area contributed by atoms with Gasteiger partial charge in [0.15, 0.2) is 6.61 Å². The van der Waals surface area contributed by atoms with Crippen molar-refractivity contribution in [2.24, 2.45) is 0 Å². The molecule has 0 atom stereocenters. The second-order valence-corrected chi connectivity index (χ2v) is 7.03. The van der Waals surface area contributed by atoms with Crippen molar-refractivity contribution >= 4 is 41.0 Å². The lowest BCUT2D eigenvalue weighted by Gasteiger charge is -2.10. The molecule has 3 N–H and O–H groups in total. The van der Waals surface area contributed by atoms with E-state index in [0.717, 1.165) is 18.2 Å². The van der Waals surface area contributed by atoms with E-state index in [1.54, 1.807) is 12.1 Å². The summed E-state index contributed by atoms with van der Waals surface area (Å²) in [5, 5.41) is 2.41. The number of alkyl halides is 3. The molecule has 12 heteroatoms. The highest BCUT2D eigenvalue weighted by molar-refractivity contribution is 6.33. The number of carbonyl (C=O) groups excluding carboxylic acids is 4. The molecule has 2 rings (SSSR count). The first-order valence-corrected chi connectivity index (χ1v) is 9.90. The molecule has 0 heterocycles. The van der Waals surface area contributed by atoms with Crippen molar-refractivity contribution < 1.29 is 37.1 Å². The normalized spacial score (nSPS) is 10.8. The topological polar surface area (TPSA) is 114 Å². The quantitative estimate of drug-likeness (QED) is 0.391. The molecule has 2 aromatic rings. The van der Waals surface area contributed by atoms with Gasteiger partial charge in [-0.25, -0.2) is 0 Å². The van der Waals surface area contributed by atoms with Gasteiger partial charge in [-0.15, -0.1) is 0 Å². The molecule has 0 aliphatic heterocycles. The van der Waals surface area contributed by atoms with Gasteiger partial charge in [-0.05, 0) is 36.8 Å². The van der Waals surface area contributed by atoms with Gasteiger partial charge in [-0.2, -0.15) is 13.2 Å². The molecule has 0 aliphatic carbocycles. The van der Waals surface area contributed by atoms with Crippen LogP contribution in [0.5, 0.6) is 0 Å². The molecule has 0 aromatic heterocycles. The predicted octanol–water partition coefficient (Wildman–Crippen LogP) is 3.47. The van der Waals surface area contributed by atoms with E-state index in [-0.39, 0.29) is 35.5 Å². The maximum absolute atomic E-state index is 12.7. The third kappa shape index (κ3) is 8.81. The minimum Gasteiger partial charge on any atom is -0.456 e. The summed E-state index contributed by atoms with van der Waals surface area (Å²) in [5.74, 6) is -2.77. The maximum atomic E-state index is 12.7. The molecule has 0 fully saturated rings. The van der Waals surface area contributed by atoms with E-state index in [4.69, 9.17) is 16.3 Å². The SMILES string of the molecule is O=C(CCCC(=O)OCC(=O)Nc1cccc(C(F)(F)F)c1)NNC(=O)c1ccccc1Cl. The monoisotopic (exact) mass is 485 g/mol. The van der Waals surface area contributed by atoms with Crippen molar-refractivity contribution in [1.29, 1.82) is 0 Å². The number of hydrogen-bond donors (Lipinski definition) is 3. The Morgan fingerprint density at radius 2 is 1.64 bits per heavy atom.